The van der Waals surface area contributed by atoms with Crippen molar-refractivity contribution in [3.05, 3.63) is 67.0 Å². The zero-order chi connectivity index (χ0) is 15.8. The molecule has 0 aliphatic carbocycles. The molecule has 0 aliphatic heterocycles. The largest absolute Gasteiger partial charge is 0.487 e. The highest BCUT2D eigenvalue weighted by molar-refractivity contribution is 5.95. The first-order valence-electron chi connectivity index (χ1n) is 6.81. The van der Waals surface area contributed by atoms with Gasteiger partial charge in [0.05, 0.1) is 17.9 Å². The van der Waals surface area contributed by atoms with Crippen LogP contribution < -0.4 is 15.4 Å². The fourth-order valence-electron chi connectivity index (χ4n) is 1.82. The van der Waals surface area contributed by atoms with Crippen LogP contribution in [0.5, 0.6) is 5.75 Å². The van der Waals surface area contributed by atoms with Gasteiger partial charge >= 0.3 is 0 Å². The van der Waals surface area contributed by atoms with Crippen LogP contribution in [0.3, 0.4) is 0 Å². The summed E-state index contributed by atoms with van der Waals surface area (Å²) < 4.78 is 18.9. The molecule has 0 unspecified atom stereocenters. The molecular formula is C17H17FN2O2. The van der Waals surface area contributed by atoms with Gasteiger partial charge in [-0.15, -0.1) is 0 Å². The number of carbonyl (C=O) groups excluding carboxylic acids is 1. The predicted molar refractivity (Wildman–Crippen MR) is 85.7 cm³/mol. The van der Waals surface area contributed by atoms with Crippen LogP contribution in [-0.2, 0) is 4.79 Å². The number of anilines is 2. The number of carbonyl (C=O) groups is 1. The predicted octanol–water partition coefficient (Wildman–Crippen LogP) is 3.44. The van der Waals surface area contributed by atoms with E-state index < -0.39 is 5.82 Å². The number of hydrogen-bond acceptors (Lipinski definition) is 3. The average Bonchev–Trinajstić information content (AvgIpc) is 2.53. The van der Waals surface area contributed by atoms with Crippen molar-refractivity contribution in [2.24, 2.45) is 0 Å². The zero-order valence-electron chi connectivity index (χ0n) is 12.0. The smallest absolute Gasteiger partial charge is 0.243 e. The molecule has 0 aromatic heterocycles. The third-order valence-electron chi connectivity index (χ3n) is 2.83. The molecular weight excluding hydrogens is 283 g/mol. The summed E-state index contributed by atoms with van der Waals surface area (Å²) in [6.07, 6.45) is 1.62. The van der Waals surface area contributed by atoms with Crippen LogP contribution in [-0.4, -0.2) is 19.1 Å². The molecule has 2 aromatic rings. The summed E-state index contributed by atoms with van der Waals surface area (Å²) in [6, 6.07) is 13.3. The van der Waals surface area contributed by atoms with Crippen LogP contribution in [0.15, 0.2) is 61.2 Å². The molecule has 4 nitrogen and oxygen atoms in total. The van der Waals surface area contributed by atoms with Gasteiger partial charge in [-0.05, 0) is 24.3 Å². The van der Waals surface area contributed by atoms with E-state index in [-0.39, 0.29) is 18.1 Å². The minimum atomic E-state index is -0.398. The molecule has 0 spiro atoms. The van der Waals surface area contributed by atoms with E-state index in [2.05, 4.69) is 17.2 Å². The highest BCUT2D eigenvalue weighted by Crippen LogP contribution is 2.23. The lowest BCUT2D eigenvalue weighted by Crippen LogP contribution is -2.22. The molecule has 0 saturated carbocycles. The fourth-order valence-corrected chi connectivity index (χ4v) is 1.82. The van der Waals surface area contributed by atoms with Gasteiger partial charge in [0.15, 0.2) is 0 Å². The number of ether oxygens (including phenoxy) is 1. The van der Waals surface area contributed by atoms with Gasteiger partial charge in [0, 0.05) is 0 Å². The van der Waals surface area contributed by atoms with Crippen molar-refractivity contribution < 1.29 is 13.9 Å². The Balaban J connectivity index is 1.95. The van der Waals surface area contributed by atoms with Gasteiger partial charge < -0.3 is 15.4 Å². The molecule has 5 heteroatoms. The lowest BCUT2D eigenvalue weighted by Gasteiger charge is -2.12. The number of halogens is 1. The van der Waals surface area contributed by atoms with Crippen molar-refractivity contribution in [2.75, 3.05) is 23.8 Å². The number of para-hydroxylation sites is 3. The van der Waals surface area contributed by atoms with Crippen LogP contribution in [0.1, 0.15) is 0 Å². The normalized spacial score (nSPS) is 9.86. The summed E-state index contributed by atoms with van der Waals surface area (Å²) in [4.78, 5) is 12.0. The Bertz CT molecular complexity index is 659. The molecule has 0 aliphatic rings. The highest BCUT2D eigenvalue weighted by atomic mass is 19.1. The summed E-state index contributed by atoms with van der Waals surface area (Å²) in [7, 11) is 0. The summed E-state index contributed by atoms with van der Waals surface area (Å²) >= 11 is 0. The second-order valence-corrected chi connectivity index (χ2v) is 4.48. The molecule has 0 bridgehead atoms. The number of rotatable bonds is 7. The van der Waals surface area contributed by atoms with E-state index in [1.165, 1.54) is 6.07 Å². The van der Waals surface area contributed by atoms with Crippen molar-refractivity contribution in [2.45, 2.75) is 0 Å². The molecule has 2 rings (SSSR count). The number of benzene rings is 2. The second-order valence-electron chi connectivity index (χ2n) is 4.48. The number of hydrogen-bond donors (Lipinski definition) is 2. The topological polar surface area (TPSA) is 50.4 Å². The van der Waals surface area contributed by atoms with Gasteiger partial charge in [-0.2, -0.15) is 0 Å². The SMILES string of the molecule is C=CCOc1ccccc1NC(=O)CNc1ccccc1F. The molecule has 0 atom stereocenters. The molecule has 114 valence electrons. The van der Waals surface area contributed by atoms with Crippen LogP contribution in [0, 0.1) is 5.82 Å². The van der Waals surface area contributed by atoms with Crippen molar-refractivity contribution >= 4 is 17.3 Å². The maximum absolute atomic E-state index is 13.4. The Morgan fingerprint density at radius 1 is 1.14 bits per heavy atom. The molecule has 0 heterocycles. The maximum Gasteiger partial charge on any atom is 0.243 e. The molecule has 22 heavy (non-hydrogen) atoms. The summed E-state index contributed by atoms with van der Waals surface area (Å²) in [6.45, 7) is 3.88. The van der Waals surface area contributed by atoms with Gasteiger partial charge in [0.1, 0.15) is 18.2 Å². The van der Waals surface area contributed by atoms with Gasteiger partial charge in [-0.3, -0.25) is 4.79 Å². The van der Waals surface area contributed by atoms with E-state index in [4.69, 9.17) is 4.74 Å². The van der Waals surface area contributed by atoms with E-state index in [1.807, 2.05) is 6.07 Å². The molecule has 2 N–H and O–H groups in total. The molecule has 2 aromatic carbocycles. The average molecular weight is 300 g/mol. The Hall–Kier alpha value is -2.82. The van der Waals surface area contributed by atoms with Crippen molar-refractivity contribution in [3.8, 4) is 5.75 Å². The minimum absolute atomic E-state index is 0.0449. The van der Waals surface area contributed by atoms with Crippen molar-refractivity contribution in [1.82, 2.24) is 0 Å². The van der Waals surface area contributed by atoms with Crippen LogP contribution >= 0.6 is 0 Å². The fraction of sp³-hybridized carbons (Fsp3) is 0.118. The molecule has 1 amide bonds. The van der Waals surface area contributed by atoms with E-state index in [1.54, 1.807) is 42.5 Å². The first-order valence-corrected chi connectivity index (χ1v) is 6.81. The monoisotopic (exact) mass is 300 g/mol. The summed E-state index contributed by atoms with van der Waals surface area (Å²) in [5.41, 5.74) is 0.846. The third kappa shape index (κ3) is 4.34. The van der Waals surface area contributed by atoms with Gasteiger partial charge in [-0.1, -0.05) is 36.9 Å². The first kappa shape index (κ1) is 15.6. The van der Waals surface area contributed by atoms with Crippen molar-refractivity contribution in [1.29, 1.82) is 0 Å². The summed E-state index contributed by atoms with van der Waals surface area (Å²) in [5, 5.41) is 5.48. The summed E-state index contributed by atoms with van der Waals surface area (Å²) in [5.74, 6) is -0.135. The maximum atomic E-state index is 13.4. The third-order valence-corrected chi connectivity index (χ3v) is 2.83. The van der Waals surface area contributed by atoms with Crippen LogP contribution in [0.4, 0.5) is 15.8 Å². The molecule has 0 fully saturated rings. The highest BCUT2D eigenvalue weighted by Gasteiger charge is 2.08. The molecule has 0 radical (unpaired) electrons. The Morgan fingerprint density at radius 2 is 1.82 bits per heavy atom. The zero-order valence-corrected chi connectivity index (χ0v) is 12.0. The van der Waals surface area contributed by atoms with E-state index in [9.17, 15) is 9.18 Å². The van der Waals surface area contributed by atoms with Crippen LogP contribution in [0.25, 0.3) is 0 Å². The first-order chi connectivity index (χ1) is 10.7. The standard InChI is InChI=1S/C17H17FN2O2/c1-2-11-22-16-10-6-5-9-15(16)20-17(21)12-19-14-8-4-3-7-13(14)18/h2-10,19H,1,11-12H2,(H,20,21). The Kier molecular flexibility index (Phi) is 5.54. The van der Waals surface area contributed by atoms with E-state index in [0.717, 1.165) is 0 Å². The minimum Gasteiger partial charge on any atom is -0.487 e. The molecule has 0 saturated heterocycles. The number of nitrogens with one attached hydrogen (secondary N) is 2. The van der Waals surface area contributed by atoms with Crippen LogP contribution in [0.2, 0.25) is 0 Å². The van der Waals surface area contributed by atoms with Crippen molar-refractivity contribution in [3.63, 3.8) is 0 Å². The van der Waals surface area contributed by atoms with Gasteiger partial charge in [-0.25, -0.2) is 4.39 Å². The van der Waals surface area contributed by atoms with Gasteiger partial charge in [0.25, 0.3) is 0 Å². The van der Waals surface area contributed by atoms with Gasteiger partial charge in [0.2, 0.25) is 5.91 Å². The Labute approximate surface area is 128 Å². The quantitative estimate of drug-likeness (QED) is 0.770. The number of amides is 1. The lowest BCUT2D eigenvalue weighted by atomic mass is 10.3. The Morgan fingerprint density at radius 3 is 2.55 bits per heavy atom. The van der Waals surface area contributed by atoms with E-state index >= 15 is 0 Å². The lowest BCUT2D eigenvalue weighted by molar-refractivity contribution is -0.114. The second kappa shape index (κ2) is 7.83. The van der Waals surface area contributed by atoms with E-state index in [0.29, 0.717) is 18.0 Å².